The molecule has 0 saturated carbocycles. The van der Waals surface area contributed by atoms with Gasteiger partial charge >= 0.3 is 0 Å². The van der Waals surface area contributed by atoms with Crippen LogP contribution in [0.4, 0.5) is 0 Å². The van der Waals surface area contributed by atoms with Crippen LogP contribution in [0.1, 0.15) is 29.2 Å². The van der Waals surface area contributed by atoms with Crippen LogP contribution in [0.25, 0.3) is 0 Å². The van der Waals surface area contributed by atoms with Gasteiger partial charge in [-0.1, -0.05) is 116 Å². The summed E-state index contributed by atoms with van der Waals surface area (Å²) < 4.78 is 0. The van der Waals surface area contributed by atoms with Crippen molar-refractivity contribution in [3.8, 4) is 0 Å². The van der Waals surface area contributed by atoms with E-state index in [-0.39, 0.29) is 0 Å². The average Bonchev–Trinajstić information content (AvgIpc) is 2.82. The molecule has 0 atom stereocenters. The van der Waals surface area contributed by atoms with Crippen LogP contribution in [-0.4, -0.2) is 18.5 Å². The third-order valence-electron chi connectivity index (χ3n) is 4.56. The van der Waals surface area contributed by atoms with Crippen molar-refractivity contribution in [1.29, 1.82) is 0 Å². The van der Waals surface area contributed by atoms with E-state index >= 15 is 0 Å². The Morgan fingerprint density at radius 1 is 0.742 bits per heavy atom. The second-order valence-electron chi connectivity index (χ2n) is 7.29. The van der Waals surface area contributed by atoms with E-state index in [0.717, 1.165) is 13.0 Å². The first-order valence-electron chi connectivity index (χ1n) is 10.8. The van der Waals surface area contributed by atoms with E-state index in [4.69, 9.17) is 0 Å². The van der Waals surface area contributed by atoms with Crippen LogP contribution in [0, 0.1) is 0 Å². The zero-order valence-electron chi connectivity index (χ0n) is 19.2. The van der Waals surface area contributed by atoms with Gasteiger partial charge in [0.25, 0.3) is 0 Å². The van der Waals surface area contributed by atoms with Gasteiger partial charge in [0.1, 0.15) is 0 Å². The van der Waals surface area contributed by atoms with Crippen molar-refractivity contribution in [1.82, 2.24) is 4.90 Å². The normalized spacial score (nSPS) is 11.5. The van der Waals surface area contributed by atoms with E-state index in [2.05, 4.69) is 80.2 Å². The second kappa shape index (κ2) is 16.6. The van der Waals surface area contributed by atoms with Crippen LogP contribution in [0.3, 0.4) is 0 Å². The van der Waals surface area contributed by atoms with Crippen LogP contribution in [0.5, 0.6) is 0 Å². The minimum atomic E-state index is 1.05. The van der Waals surface area contributed by atoms with Gasteiger partial charge in [-0.15, -0.1) is 6.58 Å². The number of hydrogen-bond donors (Lipinski definition) is 0. The fourth-order valence-corrected chi connectivity index (χ4v) is 3.07. The zero-order chi connectivity index (χ0) is 22.7. The Morgan fingerprint density at radius 2 is 1.26 bits per heavy atom. The Labute approximate surface area is 190 Å². The second-order valence-corrected chi connectivity index (χ2v) is 7.29. The molecule has 31 heavy (non-hydrogen) atoms. The lowest BCUT2D eigenvalue weighted by Crippen LogP contribution is -2.26. The number of likely N-dealkylation sites (N-methyl/N-ethyl adjacent to an activating group) is 1. The minimum absolute atomic E-state index is 1.05. The Morgan fingerprint density at radius 3 is 1.77 bits per heavy atom. The van der Waals surface area contributed by atoms with Gasteiger partial charge in [-0.2, -0.15) is 0 Å². The van der Waals surface area contributed by atoms with Crippen LogP contribution < -0.4 is 0 Å². The van der Waals surface area contributed by atoms with Crippen molar-refractivity contribution in [3.05, 3.63) is 145 Å². The molecular weight excluding hydrogens is 374 g/mol. The number of hydrogen-bond acceptors (Lipinski definition) is 1. The van der Waals surface area contributed by atoms with E-state index < -0.39 is 0 Å². The van der Waals surface area contributed by atoms with Gasteiger partial charge in [-0.3, -0.25) is 0 Å². The van der Waals surface area contributed by atoms with E-state index in [1.165, 1.54) is 29.7 Å². The molecular formula is C30H37N. The Kier molecular flexibility index (Phi) is 13.9. The van der Waals surface area contributed by atoms with E-state index in [0.29, 0.717) is 0 Å². The first kappa shape index (κ1) is 25.9. The number of fused-ring (bicyclic) bond motifs is 1. The van der Waals surface area contributed by atoms with Crippen molar-refractivity contribution in [2.45, 2.75) is 26.3 Å². The lowest BCUT2D eigenvalue weighted by atomic mass is 9.95. The van der Waals surface area contributed by atoms with Gasteiger partial charge in [0.15, 0.2) is 0 Å². The first-order valence-corrected chi connectivity index (χ1v) is 10.8. The fourth-order valence-electron chi connectivity index (χ4n) is 3.07. The molecule has 1 heteroatoms. The molecule has 0 amide bonds. The van der Waals surface area contributed by atoms with Crippen molar-refractivity contribution in [2.75, 3.05) is 13.6 Å². The molecule has 1 nitrogen and oxygen atoms in total. The van der Waals surface area contributed by atoms with Crippen LogP contribution in [-0.2, 0) is 19.4 Å². The number of benzene rings is 3. The maximum atomic E-state index is 3.36. The Bertz CT molecular complexity index is 833. The van der Waals surface area contributed by atoms with Crippen LogP contribution in [0.15, 0.2) is 123 Å². The quantitative estimate of drug-likeness (QED) is 0.318. The Hall–Kier alpha value is -3.16. The van der Waals surface area contributed by atoms with Crippen molar-refractivity contribution in [2.24, 2.45) is 0 Å². The van der Waals surface area contributed by atoms with Gasteiger partial charge < -0.3 is 4.90 Å². The lowest BCUT2D eigenvalue weighted by molar-refractivity contribution is 0.313. The van der Waals surface area contributed by atoms with E-state index in [9.17, 15) is 0 Å². The summed E-state index contributed by atoms with van der Waals surface area (Å²) in [5.74, 6) is 0. The predicted molar refractivity (Wildman–Crippen MR) is 138 cm³/mol. The zero-order valence-corrected chi connectivity index (χ0v) is 19.2. The molecule has 4 rings (SSSR count). The summed E-state index contributed by atoms with van der Waals surface area (Å²) in [5.41, 5.74) is 5.87. The molecule has 0 aliphatic carbocycles. The third-order valence-corrected chi connectivity index (χ3v) is 4.56. The fraction of sp³-hybridized carbons (Fsp3) is 0.200. The van der Waals surface area contributed by atoms with E-state index in [1.807, 2.05) is 43.3 Å². The van der Waals surface area contributed by atoms with Gasteiger partial charge in [0, 0.05) is 13.1 Å². The molecule has 0 N–H and O–H groups in total. The van der Waals surface area contributed by atoms with Crippen molar-refractivity contribution in [3.63, 3.8) is 0 Å². The highest BCUT2D eigenvalue weighted by Crippen LogP contribution is 2.20. The van der Waals surface area contributed by atoms with Gasteiger partial charge in [0.05, 0.1) is 0 Å². The largest absolute Gasteiger partial charge is 0.302 e. The molecule has 0 unspecified atom stereocenters. The SMILES string of the molecule is C=CC.C=CC=C.CN1CCc2cc(Cc3ccccc3)ccc2C1.c1ccccc1. The molecule has 162 valence electrons. The smallest absolute Gasteiger partial charge is 0.0233 e. The molecule has 3 aromatic carbocycles. The standard InChI is InChI=1S/C17H19N.C6H6.C4H6.C3H6/c1-18-10-9-16-12-15(7-8-17(16)13-18)11-14-5-3-2-4-6-14;1-2-4-6-5-3-1;1-3-4-2;1-3-2/h2-8,12H,9-11,13H2,1H3;1-6H;3-4H,1-2H2;3H,1H2,2H3. The molecule has 1 heterocycles. The molecule has 0 spiro atoms. The third kappa shape index (κ3) is 11.6. The van der Waals surface area contributed by atoms with Crippen molar-refractivity contribution >= 4 is 0 Å². The molecule has 0 fully saturated rings. The highest BCUT2D eigenvalue weighted by Gasteiger charge is 2.13. The first-order chi connectivity index (χ1) is 15.1. The minimum Gasteiger partial charge on any atom is -0.302 e. The number of rotatable bonds is 3. The summed E-state index contributed by atoms with van der Waals surface area (Å²) in [5, 5.41) is 0. The number of nitrogens with zero attached hydrogens (tertiary/aromatic N) is 1. The molecule has 3 aromatic rings. The van der Waals surface area contributed by atoms with Crippen molar-refractivity contribution < 1.29 is 0 Å². The highest BCUT2D eigenvalue weighted by molar-refractivity contribution is 5.36. The summed E-state index contributed by atoms with van der Waals surface area (Å²) in [6.07, 6.45) is 7.26. The highest BCUT2D eigenvalue weighted by atomic mass is 15.1. The maximum Gasteiger partial charge on any atom is 0.0233 e. The summed E-state index contributed by atoms with van der Waals surface area (Å²) in [7, 11) is 2.20. The molecule has 0 radical (unpaired) electrons. The van der Waals surface area contributed by atoms with Gasteiger partial charge in [-0.05, 0) is 49.1 Å². The van der Waals surface area contributed by atoms with Crippen LogP contribution >= 0.6 is 0 Å². The molecule has 1 aliphatic heterocycles. The van der Waals surface area contributed by atoms with Gasteiger partial charge in [-0.25, -0.2) is 0 Å². The monoisotopic (exact) mass is 411 g/mol. The Balaban J connectivity index is 0.000000304. The molecule has 0 saturated heterocycles. The topological polar surface area (TPSA) is 3.24 Å². The molecule has 0 aromatic heterocycles. The van der Waals surface area contributed by atoms with Crippen LogP contribution in [0.2, 0.25) is 0 Å². The molecule has 1 aliphatic rings. The van der Waals surface area contributed by atoms with E-state index in [1.54, 1.807) is 23.8 Å². The average molecular weight is 412 g/mol. The number of allylic oxidation sites excluding steroid dienone is 3. The van der Waals surface area contributed by atoms with Gasteiger partial charge in [0.2, 0.25) is 0 Å². The lowest BCUT2D eigenvalue weighted by Gasteiger charge is -2.25. The summed E-state index contributed by atoms with van der Waals surface area (Å²) >= 11 is 0. The summed E-state index contributed by atoms with van der Waals surface area (Å²) in [4.78, 5) is 2.39. The predicted octanol–water partition coefficient (Wildman–Crippen LogP) is 7.50. The molecule has 0 bridgehead atoms. The summed E-state index contributed by atoms with van der Waals surface area (Å²) in [6.45, 7) is 14.3. The summed E-state index contributed by atoms with van der Waals surface area (Å²) in [6, 6.07) is 29.7. The maximum absolute atomic E-state index is 3.36.